The molecule has 3 nitrogen and oxygen atoms in total. The number of para-hydroxylation sites is 1. The van der Waals surface area contributed by atoms with Crippen molar-refractivity contribution in [3.05, 3.63) is 59.9 Å². The summed E-state index contributed by atoms with van der Waals surface area (Å²) in [6, 6.07) is 12.5. The average Bonchev–Trinajstić information content (AvgIpc) is 2.46. The molecule has 0 amide bonds. The van der Waals surface area contributed by atoms with Gasteiger partial charge in [0.2, 0.25) is 0 Å². The van der Waals surface area contributed by atoms with Crippen molar-refractivity contribution in [2.75, 3.05) is 0 Å². The van der Waals surface area contributed by atoms with Gasteiger partial charge in [0.05, 0.1) is 5.69 Å². The van der Waals surface area contributed by atoms with Crippen molar-refractivity contribution >= 4 is 0 Å². The van der Waals surface area contributed by atoms with Crippen LogP contribution in [0.4, 0.5) is 8.78 Å². The highest BCUT2D eigenvalue weighted by Crippen LogP contribution is 2.21. The fourth-order valence-corrected chi connectivity index (χ4v) is 1.86. The lowest BCUT2D eigenvalue weighted by Gasteiger charge is -2.15. The Morgan fingerprint density at radius 3 is 2.60 bits per heavy atom. The lowest BCUT2D eigenvalue weighted by Crippen LogP contribution is -2.19. The van der Waals surface area contributed by atoms with Gasteiger partial charge in [0.1, 0.15) is 5.75 Å². The second-order valence-corrected chi connectivity index (χ2v) is 4.34. The van der Waals surface area contributed by atoms with Gasteiger partial charge >= 0.3 is 6.61 Å². The van der Waals surface area contributed by atoms with E-state index >= 15 is 0 Å². The van der Waals surface area contributed by atoms with E-state index in [0.717, 1.165) is 5.69 Å². The molecule has 20 heavy (non-hydrogen) atoms. The number of ether oxygens (including phenoxy) is 1. The van der Waals surface area contributed by atoms with Crippen LogP contribution in [0.3, 0.4) is 0 Å². The topological polar surface area (TPSA) is 34.1 Å². The zero-order chi connectivity index (χ0) is 14.4. The van der Waals surface area contributed by atoms with E-state index in [1.165, 1.54) is 6.07 Å². The Morgan fingerprint density at radius 1 is 1.15 bits per heavy atom. The number of hydrogen-bond acceptors (Lipinski definition) is 3. The van der Waals surface area contributed by atoms with E-state index < -0.39 is 6.61 Å². The molecule has 0 radical (unpaired) electrons. The van der Waals surface area contributed by atoms with Crippen LogP contribution in [0, 0.1) is 0 Å². The minimum atomic E-state index is -2.82. The molecule has 0 unspecified atom stereocenters. The first-order valence-electron chi connectivity index (χ1n) is 6.34. The molecular weight excluding hydrogens is 262 g/mol. The largest absolute Gasteiger partial charge is 0.434 e. The van der Waals surface area contributed by atoms with E-state index in [1.807, 2.05) is 25.1 Å². The Labute approximate surface area is 116 Å². The molecule has 0 aliphatic carbocycles. The van der Waals surface area contributed by atoms with Crippen LogP contribution in [0.25, 0.3) is 0 Å². The van der Waals surface area contributed by atoms with Gasteiger partial charge in [-0.15, -0.1) is 0 Å². The molecule has 2 aromatic rings. The second-order valence-electron chi connectivity index (χ2n) is 4.34. The molecule has 1 N–H and O–H groups in total. The van der Waals surface area contributed by atoms with E-state index in [2.05, 4.69) is 15.0 Å². The summed E-state index contributed by atoms with van der Waals surface area (Å²) in [5, 5.41) is 3.24. The molecule has 5 heteroatoms. The van der Waals surface area contributed by atoms with Crippen molar-refractivity contribution in [1.29, 1.82) is 0 Å². The second kappa shape index (κ2) is 6.96. The van der Waals surface area contributed by atoms with Crippen molar-refractivity contribution < 1.29 is 13.5 Å². The molecule has 0 spiro atoms. The smallest absolute Gasteiger partial charge is 0.387 e. The average molecular weight is 278 g/mol. The first kappa shape index (κ1) is 14.4. The fourth-order valence-electron chi connectivity index (χ4n) is 1.86. The van der Waals surface area contributed by atoms with Crippen molar-refractivity contribution in [2.45, 2.75) is 26.1 Å². The number of alkyl halides is 2. The van der Waals surface area contributed by atoms with Crippen molar-refractivity contribution in [1.82, 2.24) is 10.3 Å². The summed E-state index contributed by atoms with van der Waals surface area (Å²) < 4.78 is 29.1. The van der Waals surface area contributed by atoms with Crippen LogP contribution >= 0.6 is 0 Å². The van der Waals surface area contributed by atoms with Gasteiger partial charge in [0.15, 0.2) is 0 Å². The third-order valence-electron chi connectivity index (χ3n) is 2.92. The van der Waals surface area contributed by atoms with E-state index in [4.69, 9.17) is 0 Å². The summed E-state index contributed by atoms with van der Waals surface area (Å²) >= 11 is 0. The van der Waals surface area contributed by atoms with Gasteiger partial charge in [-0.25, -0.2) is 0 Å². The number of benzene rings is 1. The van der Waals surface area contributed by atoms with Crippen molar-refractivity contribution in [2.24, 2.45) is 0 Å². The van der Waals surface area contributed by atoms with E-state index in [9.17, 15) is 8.78 Å². The third-order valence-corrected chi connectivity index (χ3v) is 2.92. The minimum Gasteiger partial charge on any atom is -0.434 e. The molecule has 2 rings (SSSR count). The molecule has 0 aliphatic rings. The van der Waals surface area contributed by atoms with Gasteiger partial charge in [0, 0.05) is 24.3 Å². The number of halogens is 2. The summed E-state index contributed by atoms with van der Waals surface area (Å²) in [5.74, 6) is 0.197. The van der Waals surface area contributed by atoms with Gasteiger partial charge in [-0.3, -0.25) is 4.98 Å². The van der Waals surface area contributed by atoms with Gasteiger partial charge in [-0.1, -0.05) is 24.3 Å². The molecule has 1 aromatic carbocycles. The predicted molar refractivity (Wildman–Crippen MR) is 72.6 cm³/mol. The van der Waals surface area contributed by atoms with Crippen molar-refractivity contribution in [3.8, 4) is 5.75 Å². The van der Waals surface area contributed by atoms with Gasteiger partial charge in [0.25, 0.3) is 0 Å². The van der Waals surface area contributed by atoms with Crippen LogP contribution in [-0.2, 0) is 6.54 Å². The first-order chi connectivity index (χ1) is 9.66. The maximum atomic E-state index is 12.3. The molecule has 1 aromatic heterocycles. The summed E-state index contributed by atoms with van der Waals surface area (Å²) in [5.41, 5.74) is 1.59. The number of pyridine rings is 1. The molecule has 0 saturated carbocycles. The number of nitrogens with one attached hydrogen (secondary N) is 1. The fraction of sp³-hybridized carbons (Fsp3) is 0.267. The Balaban J connectivity index is 2.00. The Bertz CT molecular complexity index is 534. The normalized spacial score (nSPS) is 12.4. The lowest BCUT2D eigenvalue weighted by molar-refractivity contribution is -0.0505. The Kier molecular flexibility index (Phi) is 5.01. The monoisotopic (exact) mass is 278 g/mol. The van der Waals surface area contributed by atoms with Crippen LogP contribution in [0.2, 0.25) is 0 Å². The van der Waals surface area contributed by atoms with Gasteiger partial charge in [-0.2, -0.15) is 8.78 Å². The molecular formula is C15H16F2N2O. The maximum absolute atomic E-state index is 12.3. The van der Waals surface area contributed by atoms with Crippen LogP contribution in [0.5, 0.6) is 5.75 Å². The Hall–Kier alpha value is -2.01. The standard InChI is InChI=1S/C15H16F2N2O/c1-11(13-7-4-5-9-18-13)19-10-12-6-2-3-8-14(12)20-15(16)17/h2-9,11,15,19H,10H2,1H3/t11-/m1/s1. The third kappa shape index (κ3) is 3.99. The van der Waals surface area contributed by atoms with E-state index in [-0.39, 0.29) is 11.8 Å². The predicted octanol–water partition coefficient (Wildman–Crippen LogP) is 3.53. The van der Waals surface area contributed by atoms with Crippen LogP contribution in [-0.4, -0.2) is 11.6 Å². The lowest BCUT2D eigenvalue weighted by atomic mass is 10.1. The number of hydrogen-bond donors (Lipinski definition) is 1. The van der Waals surface area contributed by atoms with Crippen molar-refractivity contribution in [3.63, 3.8) is 0 Å². The molecule has 106 valence electrons. The molecule has 0 saturated heterocycles. The Morgan fingerprint density at radius 2 is 1.90 bits per heavy atom. The summed E-state index contributed by atoms with van der Waals surface area (Å²) in [6.45, 7) is -0.413. The highest BCUT2D eigenvalue weighted by atomic mass is 19.3. The minimum absolute atomic E-state index is 0.0239. The number of rotatable bonds is 6. The summed E-state index contributed by atoms with van der Waals surface area (Å²) in [7, 11) is 0. The molecule has 1 heterocycles. The van der Waals surface area contributed by atoms with Crippen LogP contribution in [0.1, 0.15) is 24.2 Å². The first-order valence-corrected chi connectivity index (χ1v) is 6.34. The molecule has 0 fully saturated rings. The molecule has 0 aliphatic heterocycles. The van der Waals surface area contributed by atoms with Gasteiger partial charge in [-0.05, 0) is 25.1 Å². The van der Waals surface area contributed by atoms with E-state index in [1.54, 1.807) is 24.4 Å². The molecule has 1 atom stereocenters. The zero-order valence-electron chi connectivity index (χ0n) is 11.1. The zero-order valence-corrected chi connectivity index (χ0v) is 11.1. The van der Waals surface area contributed by atoms with Crippen LogP contribution < -0.4 is 10.1 Å². The summed E-state index contributed by atoms with van der Waals surface area (Å²) in [6.07, 6.45) is 1.72. The quantitative estimate of drug-likeness (QED) is 0.877. The van der Waals surface area contributed by atoms with E-state index in [0.29, 0.717) is 12.1 Å². The SMILES string of the molecule is C[C@@H](NCc1ccccc1OC(F)F)c1ccccn1. The highest BCUT2D eigenvalue weighted by Gasteiger charge is 2.11. The number of nitrogens with zero attached hydrogens (tertiary/aromatic N) is 1. The van der Waals surface area contributed by atoms with Gasteiger partial charge < -0.3 is 10.1 Å². The molecule has 0 bridgehead atoms. The number of aromatic nitrogens is 1. The summed E-state index contributed by atoms with van der Waals surface area (Å²) in [4.78, 5) is 4.25. The van der Waals surface area contributed by atoms with Crippen LogP contribution in [0.15, 0.2) is 48.7 Å². The highest BCUT2D eigenvalue weighted by molar-refractivity contribution is 5.33. The maximum Gasteiger partial charge on any atom is 0.387 e.